The Labute approximate surface area is 57.4 Å². The van der Waals surface area contributed by atoms with Crippen LogP contribution in [0.15, 0.2) is 30.7 Å². The van der Waals surface area contributed by atoms with Gasteiger partial charge in [0.25, 0.3) is 0 Å². The van der Waals surface area contributed by atoms with Crippen LogP contribution in [0.1, 0.15) is 0 Å². The molecule has 0 aliphatic heterocycles. The summed E-state index contributed by atoms with van der Waals surface area (Å²) in [6.45, 7) is 0. The van der Waals surface area contributed by atoms with Gasteiger partial charge in [0.1, 0.15) is 0 Å². The van der Waals surface area contributed by atoms with Gasteiger partial charge in [0.15, 0.2) is 0 Å². The van der Waals surface area contributed by atoms with Gasteiger partial charge in [-0.15, -0.1) is 0 Å². The predicted octanol–water partition coefficient (Wildman–Crippen LogP) is 1.86. The lowest BCUT2D eigenvalue weighted by atomic mass is 10.4. The Morgan fingerprint density at radius 1 is 1.20 bits per heavy atom. The van der Waals surface area contributed by atoms with E-state index in [-0.39, 0.29) is 0 Å². The average molecular weight is 130 g/mol. The Morgan fingerprint density at radius 3 is 3.10 bits per heavy atom. The molecule has 3 aromatic rings. The number of nitrogens with one attached hydrogen (secondary N) is 1. The second-order valence-corrected chi connectivity index (χ2v) is 2.55. The van der Waals surface area contributed by atoms with Crippen LogP contribution in [0.4, 0.5) is 0 Å². The van der Waals surface area contributed by atoms with Crippen molar-refractivity contribution >= 4 is 16.4 Å². The predicted molar refractivity (Wildman–Crippen MR) is 40.4 cm³/mol. The molecule has 0 unspecified atom stereocenters. The maximum absolute atomic E-state index is 3.19. The highest BCUT2D eigenvalue weighted by Gasteiger charge is 2.03. The van der Waals surface area contributed by atoms with Gasteiger partial charge in [-0.1, -0.05) is 0 Å². The first kappa shape index (κ1) is 4.39. The van der Waals surface area contributed by atoms with Crippen molar-refractivity contribution in [3.63, 3.8) is 0 Å². The molecular formula is C8H6N2. The molecule has 3 rings (SSSR count). The molecule has 0 aliphatic carbocycles. The van der Waals surface area contributed by atoms with Crippen molar-refractivity contribution < 1.29 is 0 Å². The minimum Gasteiger partial charge on any atom is -0.359 e. The Kier molecular flexibility index (Phi) is 0.520. The highest BCUT2D eigenvalue weighted by molar-refractivity contribution is 5.95. The molecule has 0 saturated carbocycles. The first-order valence-electron chi connectivity index (χ1n) is 3.31. The Hall–Kier alpha value is -1.44. The molecule has 0 saturated heterocycles. The van der Waals surface area contributed by atoms with Gasteiger partial charge in [0, 0.05) is 24.0 Å². The number of rotatable bonds is 0. The maximum atomic E-state index is 3.19. The summed E-state index contributed by atoms with van der Waals surface area (Å²) < 4.78 is 2.13. The number of aromatic amines is 1. The van der Waals surface area contributed by atoms with Gasteiger partial charge < -0.3 is 9.38 Å². The first-order valence-corrected chi connectivity index (χ1v) is 3.31. The van der Waals surface area contributed by atoms with E-state index in [1.54, 1.807) is 0 Å². The molecule has 0 bridgehead atoms. The zero-order chi connectivity index (χ0) is 6.55. The molecule has 0 fully saturated rings. The van der Waals surface area contributed by atoms with Crippen LogP contribution in [0.5, 0.6) is 0 Å². The molecule has 0 spiro atoms. The van der Waals surface area contributed by atoms with Gasteiger partial charge in [-0.2, -0.15) is 0 Å². The van der Waals surface area contributed by atoms with Gasteiger partial charge in [-0.05, 0) is 12.1 Å². The second-order valence-electron chi connectivity index (χ2n) is 2.55. The van der Waals surface area contributed by atoms with Crippen molar-refractivity contribution in [1.29, 1.82) is 0 Å². The zero-order valence-corrected chi connectivity index (χ0v) is 5.33. The lowest BCUT2D eigenvalue weighted by Crippen LogP contribution is -1.66. The monoisotopic (exact) mass is 130 g/mol. The molecule has 10 heavy (non-hydrogen) atoms. The van der Waals surface area contributed by atoms with Crippen molar-refractivity contribution in [3.05, 3.63) is 30.7 Å². The first-order chi connectivity index (χ1) is 4.95. The van der Waals surface area contributed by atoms with E-state index in [1.807, 2.05) is 6.20 Å². The normalized spacial score (nSPS) is 12.0. The summed E-state index contributed by atoms with van der Waals surface area (Å²) in [5.41, 5.74) is 2.53. The van der Waals surface area contributed by atoms with Crippen molar-refractivity contribution in [1.82, 2.24) is 9.38 Å². The largest absolute Gasteiger partial charge is 0.359 e. The Balaban J connectivity index is 2.92. The van der Waals surface area contributed by atoms with Crippen LogP contribution in [0, 0.1) is 0 Å². The van der Waals surface area contributed by atoms with Crippen molar-refractivity contribution in [3.8, 4) is 0 Å². The van der Waals surface area contributed by atoms with Crippen LogP contribution < -0.4 is 0 Å². The highest BCUT2D eigenvalue weighted by Crippen LogP contribution is 2.21. The fourth-order valence-electron chi connectivity index (χ4n) is 1.50. The maximum Gasteiger partial charge on any atom is 0.0775 e. The van der Waals surface area contributed by atoms with Crippen LogP contribution in [0.25, 0.3) is 16.4 Å². The molecule has 3 aromatic heterocycles. The SMILES string of the molecule is c1cn2ccc3[nH]cc1c32. The molecule has 0 radical (unpaired) electrons. The quantitative estimate of drug-likeness (QED) is 0.479. The van der Waals surface area contributed by atoms with E-state index in [9.17, 15) is 0 Å². The lowest BCUT2D eigenvalue weighted by molar-refractivity contribution is 1.24. The fourth-order valence-corrected chi connectivity index (χ4v) is 1.50. The smallest absolute Gasteiger partial charge is 0.0775 e. The summed E-state index contributed by atoms with van der Waals surface area (Å²) >= 11 is 0. The van der Waals surface area contributed by atoms with Crippen molar-refractivity contribution in [2.45, 2.75) is 0 Å². The average Bonchev–Trinajstić information content (AvgIpc) is 2.56. The molecule has 48 valence electrons. The third-order valence-corrected chi connectivity index (χ3v) is 1.99. The number of H-pyrrole nitrogens is 1. The standard InChI is InChI=1S/C8H6N2/c1-3-10-4-2-7-8(10)6(1)5-9-7/h1-5,9H. The number of aromatic nitrogens is 2. The van der Waals surface area contributed by atoms with E-state index < -0.39 is 0 Å². The molecule has 0 atom stereocenters. The summed E-state index contributed by atoms with van der Waals surface area (Å²) in [7, 11) is 0. The minimum absolute atomic E-state index is 1.22. The highest BCUT2D eigenvalue weighted by atomic mass is 14.9. The van der Waals surface area contributed by atoms with Crippen molar-refractivity contribution in [2.24, 2.45) is 0 Å². The molecule has 3 heterocycles. The topological polar surface area (TPSA) is 20.2 Å². The van der Waals surface area contributed by atoms with Crippen LogP contribution in [0.2, 0.25) is 0 Å². The Bertz CT molecular complexity index is 360. The molecule has 0 aliphatic rings. The van der Waals surface area contributed by atoms with E-state index in [4.69, 9.17) is 0 Å². The molecule has 2 heteroatoms. The van der Waals surface area contributed by atoms with Gasteiger partial charge >= 0.3 is 0 Å². The molecular weight excluding hydrogens is 124 g/mol. The van der Waals surface area contributed by atoms with Gasteiger partial charge in [0.2, 0.25) is 0 Å². The van der Waals surface area contributed by atoms with E-state index in [0.29, 0.717) is 0 Å². The van der Waals surface area contributed by atoms with Crippen molar-refractivity contribution in [2.75, 3.05) is 0 Å². The summed E-state index contributed by atoms with van der Waals surface area (Å²) in [6.07, 6.45) is 6.17. The fraction of sp³-hybridized carbons (Fsp3) is 0. The molecule has 0 amide bonds. The Morgan fingerprint density at radius 2 is 2.10 bits per heavy atom. The van der Waals surface area contributed by atoms with Crippen LogP contribution >= 0.6 is 0 Å². The van der Waals surface area contributed by atoms with Crippen LogP contribution in [0.3, 0.4) is 0 Å². The van der Waals surface area contributed by atoms with Crippen LogP contribution in [-0.2, 0) is 0 Å². The molecule has 0 aromatic carbocycles. The molecule has 1 N–H and O–H groups in total. The van der Waals surface area contributed by atoms with Gasteiger partial charge in [-0.3, -0.25) is 0 Å². The number of hydrogen-bond donors (Lipinski definition) is 1. The van der Waals surface area contributed by atoms with E-state index in [0.717, 1.165) is 0 Å². The number of hydrogen-bond acceptors (Lipinski definition) is 0. The number of nitrogens with zero attached hydrogens (tertiary/aromatic N) is 1. The van der Waals surface area contributed by atoms with E-state index >= 15 is 0 Å². The zero-order valence-electron chi connectivity index (χ0n) is 5.33. The van der Waals surface area contributed by atoms with E-state index in [2.05, 4.69) is 33.9 Å². The van der Waals surface area contributed by atoms with Gasteiger partial charge in [0.05, 0.1) is 11.0 Å². The van der Waals surface area contributed by atoms with E-state index in [1.165, 1.54) is 16.4 Å². The van der Waals surface area contributed by atoms with Crippen LogP contribution in [-0.4, -0.2) is 9.38 Å². The molecule has 2 nitrogen and oxygen atoms in total. The van der Waals surface area contributed by atoms with Gasteiger partial charge in [-0.25, -0.2) is 0 Å². The summed E-state index contributed by atoms with van der Waals surface area (Å²) in [5, 5.41) is 1.29. The lowest BCUT2D eigenvalue weighted by Gasteiger charge is -1.76. The summed E-state index contributed by atoms with van der Waals surface area (Å²) in [4.78, 5) is 3.19. The third-order valence-electron chi connectivity index (χ3n) is 1.99. The minimum atomic E-state index is 1.22. The summed E-state index contributed by atoms with van der Waals surface area (Å²) in [6, 6.07) is 4.20. The second kappa shape index (κ2) is 1.19. The summed E-state index contributed by atoms with van der Waals surface area (Å²) in [5.74, 6) is 0. The third kappa shape index (κ3) is 0.310.